The summed E-state index contributed by atoms with van der Waals surface area (Å²) in [6.07, 6.45) is -12.7. The molecule has 0 aromatic carbocycles. The van der Waals surface area contributed by atoms with Gasteiger partial charge in [-0.1, -0.05) is 0 Å². The maximum atomic E-state index is 13.8. The highest BCUT2D eigenvalue weighted by molar-refractivity contribution is 8.08. The summed E-state index contributed by atoms with van der Waals surface area (Å²) in [7, 11) is -5.69. The first-order valence-corrected chi connectivity index (χ1v) is 21.4. The molecular weight excluding hydrogens is 870 g/mol. The molecule has 0 saturated carbocycles. The van der Waals surface area contributed by atoms with E-state index >= 15 is 0 Å². The maximum absolute atomic E-state index is 13.8. The van der Waals surface area contributed by atoms with Crippen LogP contribution in [0.15, 0.2) is 12.7 Å². The van der Waals surface area contributed by atoms with Gasteiger partial charge in [0.1, 0.15) is 30.7 Å². The summed E-state index contributed by atoms with van der Waals surface area (Å²) < 4.78 is 80.6. The van der Waals surface area contributed by atoms with Crippen molar-refractivity contribution in [1.82, 2.24) is 19.5 Å². The minimum absolute atomic E-state index is 0.00374. The lowest BCUT2D eigenvalue weighted by Gasteiger charge is -2.44. The quantitative estimate of drug-likeness (QED) is 0.0892. The molecule has 2 saturated heterocycles. The Hall–Kier alpha value is -4.74. The van der Waals surface area contributed by atoms with Gasteiger partial charge in [0.2, 0.25) is 6.29 Å². The number of fused-ring (bicyclic) bond motifs is 1. The van der Waals surface area contributed by atoms with Crippen molar-refractivity contribution in [2.24, 2.45) is 0 Å². The molecule has 60 heavy (non-hydrogen) atoms. The molecular formula is C31H40N6O20P2S. The lowest BCUT2D eigenvalue weighted by molar-refractivity contribution is -0.291. The minimum Gasteiger partial charge on any atom is -0.463 e. The molecule has 29 heteroatoms. The van der Waals surface area contributed by atoms with E-state index in [9.17, 15) is 38.2 Å². The number of nitrogen functional groups attached to an aromatic ring is 1. The number of carbonyl (C=O) groups excluding carboxylic acids is 6. The number of hydrogen-bond donors (Lipinski definition) is 2. The Bertz CT molecular complexity index is 2080. The number of nitrogens with zero attached hydrogens (tertiary/aromatic N) is 5. The summed E-state index contributed by atoms with van der Waals surface area (Å²) in [5.74, 6) is -5.51. The molecule has 0 bridgehead atoms. The van der Waals surface area contributed by atoms with Crippen LogP contribution in [0.5, 0.6) is 0 Å². The highest BCUT2D eigenvalue weighted by Gasteiger charge is 2.56. The van der Waals surface area contributed by atoms with Gasteiger partial charge < -0.3 is 57.6 Å². The van der Waals surface area contributed by atoms with E-state index in [1.807, 2.05) is 0 Å². The molecule has 0 spiro atoms. The van der Waals surface area contributed by atoms with Gasteiger partial charge >= 0.3 is 50.4 Å². The number of aromatic nitrogens is 4. The number of rotatable bonds is 18. The average Bonchev–Trinajstić information content (AvgIpc) is 3.69. The van der Waals surface area contributed by atoms with Crippen LogP contribution >= 0.6 is 14.5 Å². The molecule has 2 fully saturated rings. The SMILES string of the molecule is CC(=O)OCC1O[C@@H](OP(=O)(O)OP(=S)(OCCC#N)OC[C@H]2O[C@@H](n3cnc4c(N)ncnc43)[C@@H](OC(C)=O)C2OC(C)=O)C(OC(C)=O)[C@@H](OC(C)=O)[C@@H]1OC(C)=O. The number of carbonyl (C=O) groups is 6. The fraction of sp³-hybridized carbons (Fsp3) is 0.613. The fourth-order valence-corrected chi connectivity index (χ4v) is 9.63. The Kier molecular flexibility index (Phi) is 16.5. The molecule has 330 valence electrons. The van der Waals surface area contributed by atoms with Gasteiger partial charge in [-0.15, -0.1) is 0 Å². The molecule has 26 nitrogen and oxygen atoms in total. The van der Waals surface area contributed by atoms with Gasteiger partial charge in [0.05, 0.1) is 32.0 Å². The molecule has 0 radical (unpaired) electrons. The van der Waals surface area contributed by atoms with Crippen LogP contribution < -0.4 is 5.73 Å². The zero-order valence-electron chi connectivity index (χ0n) is 32.5. The highest BCUT2D eigenvalue weighted by Crippen LogP contribution is 2.65. The third-order valence-corrected chi connectivity index (χ3v) is 12.1. The van der Waals surface area contributed by atoms with Crippen molar-refractivity contribution in [2.45, 2.75) is 103 Å². The van der Waals surface area contributed by atoms with Crippen LogP contribution in [0.3, 0.4) is 0 Å². The van der Waals surface area contributed by atoms with E-state index in [1.54, 1.807) is 6.07 Å². The topological polar surface area (TPSA) is 344 Å². The summed E-state index contributed by atoms with van der Waals surface area (Å²) in [6.45, 7) is -0.602. The second-order valence-electron chi connectivity index (χ2n) is 12.5. The summed E-state index contributed by atoms with van der Waals surface area (Å²) in [5.41, 5.74) is 6.21. The van der Waals surface area contributed by atoms with Gasteiger partial charge in [-0.25, -0.2) is 23.8 Å². The summed E-state index contributed by atoms with van der Waals surface area (Å²) >= 11 is 5.44. The molecule has 11 atom stereocenters. The standard InChI is InChI=1S/C31H40N6O20P2S/c1-14(38)46-10-20-23(49-15(2)39)25(51-17(4)41)27(53-19(6)43)31(55-20)56-58(44,45)57-59(60,47-9-7-8-32)48-11-21-24(50-16(3)40)26(52-18(5)42)30(54-21)37-13-36-22-28(33)34-12-35-29(22)37/h12-13,20-21,23-27,30-31H,7,9-11H2,1-6H3,(H,44,45)(H2,33,34,35)/t20?,21-,23-,24?,25+,26+,27?,30-,31+,59?/m1/s1. The molecule has 2 aromatic rings. The molecule has 4 heterocycles. The Morgan fingerprint density at radius 3 is 1.93 bits per heavy atom. The first kappa shape index (κ1) is 47.9. The van der Waals surface area contributed by atoms with Crippen molar-refractivity contribution < 1.29 is 94.0 Å². The Morgan fingerprint density at radius 2 is 1.35 bits per heavy atom. The van der Waals surface area contributed by atoms with Crippen LogP contribution in [0.25, 0.3) is 11.2 Å². The van der Waals surface area contributed by atoms with Crippen molar-refractivity contribution in [1.29, 1.82) is 5.26 Å². The number of esters is 6. The van der Waals surface area contributed by atoms with Gasteiger partial charge in [0.25, 0.3) is 0 Å². The number of phosphoric ester groups is 1. The first-order chi connectivity index (χ1) is 28.1. The number of anilines is 1. The second kappa shape index (κ2) is 20.7. The Labute approximate surface area is 344 Å². The fourth-order valence-electron chi connectivity index (χ4n) is 5.78. The molecule has 2 aliphatic rings. The highest BCUT2D eigenvalue weighted by atomic mass is 32.5. The number of phosphoric acid groups is 1. The van der Waals surface area contributed by atoms with Crippen LogP contribution in [0.2, 0.25) is 0 Å². The Morgan fingerprint density at radius 1 is 0.800 bits per heavy atom. The lowest BCUT2D eigenvalue weighted by atomic mass is 9.98. The number of nitrogens with two attached hydrogens (primary N) is 1. The number of ether oxygens (including phenoxy) is 8. The minimum atomic E-state index is -5.69. The molecule has 4 rings (SSSR count). The van der Waals surface area contributed by atoms with E-state index in [0.717, 1.165) is 47.9 Å². The summed E-state index contributed by atoms with van der Waals surface area (Å²) in [5, 5.41) is 9.16. The zero-order valence-corrected chi connectivity index (χ0v) is 35.1. The molecule has 0 aliphatic carbocycles. The zero-order chi connectivity index (χ0) is 44.5. The van der Waals surface area contributed by atoms with Crippen LogP contribution in [0.1, 0.15) is 54.2 Å². The maximum Gasteiger partial charge on any atom is 0.481 e. The van der Waals surface area contributed by atoms with Crippen LogP contribution in [0, 0.1) is 11.3 Å². The molecule has 0 amide bonds. The van der Waals surface area contributed by atoms with Crippen molar-refractivity contribution in [3.8, 4) is 6.07 Å². The molecule has 3 N–H and O–H groups in total. The predicted octanol–water partition coefficient (Wildman–Crippen LogP) is 0.557. The number of nitriles is 1. The monoisotopic (exact) mass is 910 g/mol. The van der Waals surface area contributed by atoms with Crippen molar-refractivity contribution in [2.75, 3.05) is 25.6 Å². The van der Waals surface area contributed by atoms with E-state index in [-0.39, 0.29) is 23.4 Å². The first-order valence-electron chi connectivity index (χ1n) is 17.4. The van der Waals surface area contributed by atoms with E-state index in [0.29, 0.717) is 0 Å². The van der Waals surface area contributed by atoms with Crippen LogP contribution in [0.4, 0.5) is 5.82 Å². The van der Waals surface area contributed by atoms with Crippen LogP contribution in [-0.2, 0) is 101 Å². The lowest BCUT2D eigenvalue weighted by Crippen LogP contribution is -2.62. The normalized spacial score (nSPS) is 27.0. The van der Waals surface area contributed by atoms with Crippen LogP contribution in [-0.4, -0.2) is 129 Å². The smallest absolute Gasteiger partial charge is 0.463 e. The van der Waals surface area contributed by atoms with Gasteiger partial charge in [0, 0.05) is 41.5 Å². The third-order valence-electron chi connectivity index (χ3n) is 7.80. The van der Waals surface area contributed by atoms with E-state index in [4.69, 9.17) is 78.6 Å². The van der Waals surface area contributed by atoms with Gasteiger partial charge in [-0.3, -0.25) is 37.9 Å². The largest absolute Gasteiger partial charge is 0.481 e. The Balaban J connectivity index is 1.67. The van der Waals surface area contributed by atoms with E-state index < -0.39 is 125 Å². The third kappa shape index (κ3) is 12.9. The van der Waals surface area contributed by atoms with Crippen molar-refractivity contribution in [3.05, 3.63) is 12.7 Å². The molecule has 2 aromatic heterocycles. The predicted molar refractivity (Wildman–Crippen MR) is 195 cm³/mol. The van der Waals surface area contributed by atoms with Crippen molar-refractivity contribution in [3.63, 3.8) is 0 Å². The number of hydrogen-bond acceptors (Lipinski definition) is 25. The van der Waals surface area contributed by atoms with Gasteiger partial charge in [0.15, 0.2) is 48.2 Å². The average molecular weight is 911 g/mol. The van der Waals surface area contributed by atoms with Gasteiger partial charge in [-0.05, 0) is 11.8 Å². The second-order valence-corrected chi connectivity index (χ2v) is 17.1. The van der Waals surface area contributed by atoms with Gasteiger partial charge in [-0.2, -0.15) is 5.26 Å². The summed E-state index contributed by atoms with van der Waals surface area (Å²) in [6, 6.07) is 1.78. The molecule has 2 aliphatic heterocycles. The molecule has 5 unspecified atom stereocenters. The van der Waals surface area contributed by atoms with E-state index in [2.05, 4.69) is 15.0 Å². The number of imidazole rings is 1. The summed E-state index contributed by atoms with van der Waals surface area (Å²) in [4.78, 5) is 96.2. The van der Waals surface area contributed by atoms with Crippen molar-refractivity contribution >= 4 is 79.1 Å². The van der Waals surface area contributed by atoms with E-state index in [1.165, 1.54) is 10.9 Å².